The van der Waals surface area contributed by atoms with Gasteiger partial charge in [0.2, 0.25) is 0 Å². The van der Waals surface area contributed by atoms with E-state index in [-0.39, 0.29) is 12.5 Å². The van der Waals surface area contributed by atoms with Gasteiger partial charge in [-0.3, -0.25) is 4.79 Å². The van der Waals surface area contributed by atoms with Crippen LogP contribution in [0.4, 0.5) is 5.69 Å². The van der Waals surface area contributed by atoms with Gasteiger partial charge < -0.3 is 24.3 Å². The van der Waals surface area contributed by atoms with Crippen molar-refractivity contribution < 1.29 is 23.7 Å². The standard InChI is InChI=1S/C34H31ClN2O5S/c1-3-39-29-18-24(15-16-28(29)41-21-23-11-7-5-8-12-23)22-42-32-27(35)17-25(19-30(32)40-4-2)20-31-33(38)37-34(43-31)36-26-13-9-6-10-14-26/h5-20H,3-4,21-22H2,1-2H3,(H,36,37,38)/b31-20+. The van der Waals surface area contributed by atoms with Gasteiger partial charge >= 0.3 is 0 Å². The SMILES string of the molecule is CCOc1cc(COc2c(Cl)cc(/C=C3/SC(=Nc4ccccc4)NC3=O)cc2OCC)ccc1OCc1ccccc1. The Hall–Kier alpha value is -4.40. The number of amidine groups is 1. The van der Waals surface area contributed by atoms with Gasteiger partial charge in [-0.05, 0) is 84.8 Å². The first kappa shape index (κ1) is 30.1. The van der Waals surface area contributed by atoms with Crippen LogP contribution in [0.25, 0.3) is 6.08 Å². The van der Waals surface area contributed by atoms with Crippen LogP contribution in [0.2, 0.25) is 5.02 Å². The first-order chi connectivity index (χ1) is 21.0. The van der Waals surface area contributed by atoms with Crippen LogP contribution in [0.3, 0.4) is 0 Å². The maximum absolute atomic E-state index is 12.6. The third kappa shape index (κ3) is 8.12. The summed E-state index contributed by atoms with van der Waals surface area (Å²) in [5.41, 5.74) is 3.42. The molecule has 1 heterocycles. The lowest BCUT2D eigenvalue weighted by atomic mass is 10.1. The topological polar surface area (TPSA) is 78.4 Å². The zero-order chi connectivity index (χ0) is 30.0. The van der Waals surface area contributed by atoms with Crippen molar-refractivity contribution in [3.05, 3.63) is 118 Å². The average Bonchev–Trinajstić information content (AvgIpc) is 3.35. The predicted octanol–water partition coefficient (Wildman–Crippen LogP) is 8.19. The van der Waals surface area contributed by atoms with E-state index in [9.17, 15) is 4.79 Å². The minimum Gasteiger partial charge on any atom is -0.490 e. The number of aliphatic imine (C=N–C) groups is 1. The van der Waals surface area contributed by atoms with Crippen molar-refractivity contribution in [2.75, 3.05) is 13.2 Å². The van der Waals surface area contributed by atoms with Gasteiger partial charge in [0, 0.05) is 0 Å². The fourth-order valence-electron chi connectivity index (χ4n) is 4.25. The molecule has 43 heavy (non-hydrogen) atoms. The van der Waals surface area contributed by atoms with Crippen molar-refractivity contribution in [2.45, 2.75) is 27.1 Å². The Kier molecular flexibility index (Phi) is 10.3. The van der Waals surface area contributed by atoms with E-state index in [4.69, 9.17) is 30.5 Å². The second kappa shape index (κ2) is 14.7. The highest BCUT2D eigenvalue weighted by Gasteiger charge is 2.24. The molecule has 7 nitrogen and oxygen atoms in total. The molecule has 0 bridgehead atoms. The number of thioether (sulfide) groups is 1. The monoisotopic (exact) mass is 614 g/mol. The number of rotatable bonds is 12. The van der Waals surface area contributed by atoms with E-state index in [1.807, 2.05) is 98.8 Å². The van der Waals surface area contributed by atoms with E-state index in [1.54, 1.807) is 12.1 Å². The number of benzene rings is 4. The highest BCUT2D eigenvalue weighted by Crippen LogP contribution is 2.39. The molecule has 1 saturated heterocycles. The number of para-hydroxylation sites is 1. The van der Waals surface area contributed by atoms with Gasteiger partial charge in [-0.25, -0.2) is 4.99 Å². The quantitative estimate of drug-likeness (QED) is 0.162. The Bertz CT molecular complexity index is 1630. The summed E-state index contributed by atoms with van der Waals surface area (Å²) in [6.07, 6.45) is 1.76. The van der Waals surface area contributed by atoms with Crippen LogP contribution < -0.4 is 24.3 Å². The van der Waals surface area contributed by atoms with E-state index in [0.29, 0.717) is 63.5 Å². The third-order valence-electron chi connectivity index (χ3n) is 6.20. The summed E-state index contributed by atoms with van der Waals surface area (Å²) in [6, 6.07) is 28.7. The molecule has 5 rings (SSSR count). The number of hydrogen-bond donors (Lipinski definition) is 1. The molecule has 0 atom stereocenters. The van der Waals surface area contributed by atoms with Crippen molar-refractivity contribution in [2.24, 2.45) is 4.99 Å². The van der Waals surface area contributed by atoms with Gasteiger partial charge in [-0.2, -0.15) is 0 Å². The molecule has 9 heteroatoms. The molecule has 0 aromatic heterocycles. The maximum atomic E-state index is 12.6. The summed E-state index contributed by atoms with van der Waals surface area (Å²) in [7, 11) is 0. The van der Waals surface area contributed by atoms with Gasteiger partial charge in [-0.1, -0.05) is 66.2 Å². The Balaban J connectivity index is 1.30. The van der Waals surface area contributed by atoms with Gasteiger partial charge in [-0.15, -0.1) is 0 Å². The van der Waals surface area contributed by atoms with Crippen molar-refractivity contribution in [1.29, 1.82) is 0 Å². The molecule has 1 fully saturated rings. The molecule has 4 aromatic carbocycles. The largest absolute Gasteiger partial charge is 0.490 e. The van der Waals surface area contributed by atoms with Gasteiger partial charge in [0.15, 0.2) is 28.2 Å². The first-order valence-electron chi connectivity index (χ1n) is 13.9. The molecule has 1 aliphatic heterocycles. The smallest absolute Gasteiger partial charge is 0.264 e. The van der Waals surface area contributed by atoms with Gasteiger partial charge in [0.05, 0.1) is 28.8 Å². The second-order valence-corrected chi connectivity index (χ2v) is 10.8. The summed E-state index contributed by atoms with van der Waals surface area (Å²) < 4.78 is 23.9. The third-order valence-corrected chi connectivity index (χ3v) is 7.39. The van der Waals surface area contributed by atoms with E-state index in [1.165, 1.54) is 11.8 Å². The van der Waals surface area contributed by atoms with Crippen LogP contribution in [0.15, 0.2) is 101 Å². The second-order valence-electron chi connectivity index (χ2n) is 9.36. The number of halogens is 1. The zero-order valence-corrected chi connectivity index (χ0v) is 25.4. The first-order valence-corrected chi connectivity index (χ1v) is 15.1. The van der Waals surface area contributed by atoms with E-state index < -0.39 is 0 Å². The molecule has 0 spiro atoms. The number of amides is 1. The molecule has 0 unspecified atom stereocenters. The fourth-order valence-corrected chi connectivity index (χ4v) is 5.36. The Morgan fingerprint density at radius 1 is 0.767 bits per heavy atom. The van der Waals surface area contributed by atoms with Crippen molar-refractivity contribution in [3.63, 3.8) is 0 Å². The molecule has 1 aliphatic rings. The van der Waals surface area contributed by atoms with E-state index in [0.717, 1.165) is 16.8 Å². The Morgan fingerprint density at radius 2 is 1.47 bits per heavy atom. The molecular weight excluding hydrogens is 584 g/mol. The van der Waals surface area contributed by atoms with Crippen LogP contribution in [0.5, 0.6) is 23.0 Å². The summed E-state index contributed by atoms with van der Waals surface area (Å²) in [6.45, 7) is 5.40. The molecule has 0 radical (unpaired) electrons. The number of nitrogens with one attached hydrogen (secondary N) is 1. The van der Waals surface area contributed by atoms with Crippen LogP contribution in [-0.2, 0) is 18.0 Å². The summed E-state index contributed by atoms with van der Waals surface area (Å²) in [5.74, 6) is 1.97. The predicted molar refractivity (Wildman–Crippen MR) is 173 cm³/mol. The van der Waals surface area contributed by atoms with Gasteiger partial charge in [0.25, 0.3) is 5.91 Å². The highest BCUT2D eigenvalue weighted by atomic mass is 35.5. The number of nitrogens with zero attached hydrogens (tertiary/aromatic N) is 1. The Labute approximate surface area is 260 Å². The molecular formula is C34H31ClN2O5S. The molecule has 4 aromatic rings. The number of carbonyl (C=O) groups is 1. The van der Waals surface area contributed by atoms with Crippen molar-refractivity contribution >= 4 is 46.2 Å². The van der Waals surface area contributed by atoms with Crippen LogP contribution >= 0.6 is 23.4 Å². The number of carbonyl (C=O) groups excluding carboxylic acids is 1. The minimum atomic E-state index is -0.226. The summed E-state index contributed by atoms with van der Waals surface area (Å²) in [5, 5.41) is 3.69. The normalized spacial score (nSPS) is 14.5. The Morgan fingerprint density at radius 3 is 2.21 bits per heavy atom. The molecule has 220 valence electrons. The minimum absolute atomic E-state index is 0.226. The van der Waals surface area contributed by atoms with Crippen LogP contribution in [-0.4, -0.2) is 24.3 Å². The number of ether oxygens (including phenoxy) is 4. The van der Waals surface area contributed by atoms with Crippen molar-refractivity contribution in [1.82, 2.24) is 5.32 Å². The van der Waals surface area contributed by atoms with E-state index in [2.05, 4.69) is 10.3 Å². The fraction of sp³-hybridized carbons (Fsp3) is 0.176. The molecule has 0 aliphatic carbocycles. The van der Waals surface area contributed by atoms with Crippen molar-refractivity contribution in [3.8, 4) is 23.0 Å². The zero-order valence-electron chi connectivity index (χ0n) is 23.8. The molecule has 0 saturated carbocycles. The van der Waals surface area contributed by atoms with E-state index >= 15 is 0 Å². The lowest BCUT2D eigenvalue weighted by molar-refractivity contribution is -0.115. The van der Waals surface area contributed by atoms with Crippen LogP contribution in [0.1, 0.15) is 30.5 Å². The summed E-state index contributed by atoms with van der Waals surface area (Å²) in [4.78, 5) is 17.6. The number of hydrogen-bond acceptors (Lipinski definition) is 7. The lowest BCUT2D eigenvalue weighted by Gasteiger charge is -2.16. The van der Waals surface area contributed by atoms with Gasteiger partial charge in [0.1, 0.15) is 13.2 Å². The lowest BCUT2D eigenvalue weighted by Crippen LogP contribution is -2.19. The average molecular weight is 615 g/mol. The van der Waals surface area contributed by atoms with Crippen LogP contribution in [0, 0.1) is 0 Å². The highest BCUT2D eigenvalue weighted by molar-refractivity contribution is 8.18. The molecule has 1 N–H and O–H groups in total. The maximum Gasteiger partial charge on any atom is 0.264 e. The molecule has 1 amide bonds. The summed E-state index contributed by atoms with van der Waals surface area (Å²) >= 11 is 7.96.